The molecule has 6 nitrogen and oxygen atoms in total. The lowest BCUT2D eigenvalue weighted by Crippen LogP contribution is -2.35. The SMILES string of the molecule is C[Si](C)(C)CCOC(=O)CC(Cc1ncccn1)(c1cccc(OC(F)(F)F)c1)c1cccc(OC(F)(F)F)c1. The van der Waals surface area contributed by atoms with Crippen LogP contribution in [0.2, 0.25) is 25.7 Å². The van der Waals surface area contributed by atoms with Crippen LogP contribution in [0, 0.1) is 0 Å². The molecule has 0 aliphatic carbocycles. The fraction of sp³-hybridized carbons (Fsp3) is 0.370. The van der Waals surface area contributed by atoms with Crippen LogP contribution in [0.4, 0.5) is 26.3 Å². The van der Waals surface area contributed by atoms with E-state index in [9.17, 15) is 31.1 Å². The van der Waals surface area contributed by atoms with Gasteiger partial charge in [-0.2, -0.15) is 0 Å². The summed E-state index contributed by atoms with van der Waals surface area (Å²) in [5, 5.41) is 0. The third-order valence-corrected chi connectivity index (χ3v) is 7.58. The van der Waals surface area contributed by atoms with Crippen LogP contribution in [0.5, 0.6) is 11.5 Å². The molecule has 0 aliphatic rings. The molecule has 0 aliphatic heterocycles. The van der Waals surface area contributed by atoms with Crippen LogP contribution >= 0.6 is 0 Å². The van der Waals surface area contributed by atoms with Crippen molar-refractivity contribution in [2.24, 2.45) is 0 Å². The molecule has 0 N–H and O–H groups in total. The molecule has 0 bridgehead atoms. The zero-order valence-corrected chi connectivity index (χ0v) is 23.0. The summed E-state index contributed by atoms with van der Waals surface area (Å²) in [5.74, 6) is -1.64. The Morgan fingerprint density at radius 2 is 1.30 bits per heavy atom. The first-order valence-electron chi connectivity index (χ1n) is 12.2. The summed E-state index contributed by atoms with van der Waals surface area (Å²) in [4.78, 5) is 21.6. The van der Waals surface area contributed by atoms with E-state index < -0.39 is 50.1 Å². The van der Waals surface area contributed by atoms with Gasteiger partial charge in [-0.15, -0.1) is 26.3 Å². The summed E-state index contributed by atoms with van der Waals surface area (Å²) in [6.45, 7) is 6.41. The van der Waals surface area contributed by atoms with Crippen molar-refractivity contribution in [2.75, 3.05) is 6.61 Å². The van der Waals surface area contributed by atoms with Gasteiger partial charge in [0.2, 0.25) is 0 Å². The van der Waals surface area contributed by atoms with E-state index in [-0.39, 0.29) is 30.0 Å². The molecular formula is C27H28F6N2O4Si. The maximum absolute atomic E-state index is 13.2. The average molecular weight is 587 g/mol. The second-order valence-corrected chi connectivity index (χ2v) is 15.9. The van der Waals surface area contributed by atoms with E-state index in [1.54, 1.807) is 6.07 Å². The van der Waals surface area contributed by atoms with Crippen LogP contribution in [0.15, 0.2) is 67.0 Å². The van der Waals surface area contributed by atoms with Crippen LogP contribution in [-0.2, 0) is 21.4 Å². The van der Waals surface area contributed by atoms with E-state index in [0.29, 0.717) is 6.04 Å². The normalized spacial score (nSPS) is 12.6. The lowest BCUT2D eigenvalue weighted by molar-refractivity contribution is -0.275. The zero-order valence-electron chi connectivity index (χ0n) is 22.0. The van der Waals surface area contributed by atoms with Crippen LogP contribution < -0.4 is 9.47 Å². The van der Waals surface area contributed by atoms with Gasteiger partial charge in [-0.1, -0.05) is 43.9 Å². The second kappa shape index (κ2) is 12.3. The molecule has 0 saturated heterocycles. The minimum Gasteiger partial charge on any atom is -0.466 e. The molecule has 40 heavy (non-hydrogen) atoms. The largest absolute Gasteiger partial charge is 0.573 e. The van der Waals surface area contributed by atoms with E-state index in [2.05, 4.69) is 39.1 Å². The average Bonchev–Trinajstić information content (AvgIpc) is 2.81. The van der Waals surface area contributed by atoms with Crippen molar-refractivity contribution in [1.29, 1.82) is 0 Å². The predicted molar refractivity (Wildman–Crippen MR) is 136 cm³/mol. The number of alkyl halides is 6. The quantitative estimate of drug-likeness (QED) is 0.136. The van der Waals surface area contributed by atoms with E-state index in [0.717, 1.165) is 24.3 Å². The van der Waals surface area contributed by atoms with Crippen LogP contribution in [-0.4, -0.2) is 43.3 Å². The highest BCUT2D eigenvalue weighted by atomic mass is 28.3. The van der Waals surface area contributed by atoms with Crippen molar-refractivity contribution in [3.63, 3.8) is 0 Å². The highest BCUT2D eigenvalue weighted by Gasteiger charge is 2.41. The maximum Gasteiger partial charge on any atom is 0.573 e. The molecule has 0 saturated carbocycles. The Morgan fingerprint density at radius 3 is 1.75 bits per heavy atom. The molecule has 1 heterocycles. The van der Waals surface area contributed by atoms with E-state index in [4.69, 9.17) is 4.74 Å². The Bertz CT molecular complexity index is 1220. The minimum absolute atomic E-state index is 0.126. The summed E-state index contributed by atoms with van der Waals surface area (Å²) < 4.78 is 92.1. The van der Waals surface area contributed by atoms with Gasteiger partial charge in [-0.05, 0) is 47.5 Å². The van der Waals surface area contributed by atoms with Crippen LogP contribution in [0.1, 0.15) is 23.4 Å². The number of rotatable bonds is 11. The van der Waals surface area contributed by atoms with E-state index in [1.165, 1.54) is 36.7 Å². The van der Waals surface area contributed by atoms with Crippen LogP contribution in [0.3, 0.4) is 0 Å². The zero-order chi connectivity index (χ0) is 29.6. The number of ether oxygens (including phenoxy) is 3. The van der Waals surface area contributed by atoms with E-state index >= 15 is 0 Å². The first-order chi connectivity index (χ1) is 18.5. The molecule has 0 atom stereocenters. The van der Waals surface area contributed by atoms with Crippen LogP contribution in [0.25, 0.3) is 0 Å². The van der Waals surface area contributed by atoms with Gasteiger partial charge in [-0.3, -0.25) is 4.79 Å². The van der Waals surface area contributed by atoms with Crippen molar-refractivity contribution in [1.82, 2.24) is 9.97 Å². The third kappa shape index (κ3) is 9.54. The fourth-order valence-electron chi connectivity index (χ4n) is 4.08. The molecule has 3 rings (SSSR count). The van der Waals surface area contributed by atoms with Crippen molar-refractivity contribution in [3.8, 4) is 11.5 Å². The van der Waals surface area contributed by atoms with Crippen molar-refractivity contribution in [3.05, 3.63) is 83.9 Å². The smallest absolute Gasteiger partial charge is 0.466 e. The number of benzene rings is 2. The van der Waals surface area contributed by atoms with Crippen molar-refractivity contribution < 1.29 is 45.3 Å². The fourth-order valence-corrected chi connectivity index (χ4v) is 4.79. The highest BCUT2D eigenvalue weighted by molar-refractivity contribution is 6.76. The lowest BCUT2D eigenvalue weighted by Gasteiger charge is -2.34. The molecule has 216 valence electrons. The van der Waals surface area contributed by atoms with Gasteiger partial charge in [0, 0.05) is 32.3 Å². The molecule has 13 heteroatoms. The second-order valence-electron chi connectivity index (χ2n) is 10.3. The van der Waals surface area contributed by atoms with Gasteiger partial charge in [0.25, 0.3) is 0 Å². The molecule has 0 amide bonds. The molecule has 0 radical (unpaired) electrons. The Morgan fingerprint density at radius 1 is 0.800 bits per heavy atom. The summed E-state index contributed by atoms with van der Waals surface area (Å²) in [5.41, 5.74) is -1.27. The Labute approximate surface area is 228 Å². The number of carbonyl (C=O) groups is 1. The van der Waals surface area contributed by atoms with Crippen molar-refractivity contribution >= 4 is 14.0 Å². The van der Waals surface area contributed by atoms with Gasteiger partial charge in [0.05, 0.1) is 13.0 Å². The summed E-state index contributed by atoms with van der Waals surface area (Å²) >= 11 is 0. The number of halogens is 6. The third-order valence-electron chi connectivity index (χ3n) is 5.88. The Balaban J connectivity index is 2.18. The van der Waals surface area contributed by atoms with Crippen molar-refractivity contribution in [2.45, 2.75) is 56.7 Å². The standard InChI is InChI=1S/C27H28F6N2O4Si/c1-40(2,3)14-13-37-24(36)18-25(17-23-34-11-6-12-35-23,19-7-4-9-21(15-19)38-26(28,29)30)20-8-5-10-22(16-20)39-27(31,32)33/h4-12,15-16H,13-14,17-18H2,1-3H3. The monoisotopic (exact) mass is 586 g/mol. The number of hydrogen-bond acceptors (Lipinski definition) is 6. The van der Waals surface area contributed by atoms with Gasteiger partial charge in [-0.25, -0.2) is 9.97 Å². The van der Waals surface area contributed by atoms with Gasteiger partial charge < -0.3 is 14.2 Å². The number of esters is 1. The van der Waals surface area contributed by atoms with Gasteiger partial charge >= 0.3 is 18.7 Å². The predicted octanol–water partition coefficient (Wildman–Crippen LogP) is 7.07. The number of nitrogens with zero attached hydrogens (tertiary/aromatic N) is 2. The minimum atomic E-state index is -5.00. The van der Waals surface area contributed by atoms with E-state index in [1.807, 2.05) is 0 Å². The topological polar surface area (TPSA) is 70.5 Å². The first kappa shape index (κ1) is 30.9. The maximum atomic E-state index is 13.2. The molecule has 0 spiro atoms. The van der Waals surface area contributed by atoms with Gasteiger partial charge in [0.1, 0.15) is 17.3 Å². The first-order valence-corrected chi connectivity index (χ1v) is 15.9. The summed E-state index contributed by atoms with van der Waals surface area (Å²) in [6, 6.07) is 12.0. The molecule has 0 unspecified atom stereocenters. The molecule has 1 aromatic heterocycles. The Hall–Kier alpha value is -3.61. The number of hydrogen-bond donors (Lipinski definition) is 0. The van der Waals surface area contributed by atoms with Gasteiger partial charge in [0.15, 0.2) is 0 Å². The number of carbonyl (C=O) groups excluding carboxylic acids is 1. The molecular weight excluding hydrogens is 558 g/mol. The number of aromatic nitrogens is 2. The Kier molecular flexibility index (Phi) is 9.49. The molecule has 2 aromatic carbocycles. The summed E-state index contributed by atoms with van der Waals surface area (Å²) in [7, 11) is -1.58. The summed E-state index contributed by atoms with van der Waals surface area (Å²) in [6.07, 6.45) is -7.73. The lowest BCUT2D eigenvalue weighted by atomic mass is 9.69. The highest BCUT2D eigenvalue weighted by Crippen LogP contribution is 2.42. The molecule has 0 fully saturated rings. The molecule has 3 aromatic rings.